The van der Waals surface area contributed by atoms with E-state index in [1.165, 1.54) is 12.1 Å². The summed E-state index contributed by atoms with van der Waals surface area (Å²) in [5.74, 6) is 4.51. The minimum atomic E-state index is -0.531. The summed E-state index contributed by atoms with van der Waals surface area (Å²) in [6.07, 6.45) is 0.353. The van der Waals surface area contributed by atoms with Crippen LogP contribution in [-0.2, 0) is 4.79 Å². The zero-order valence-corrected chi connectivity index (χ0v) is 10.5. The van der Waals surface area contributed by atoms with Crippen molar-refractivity contribution in [3.63, 3.8) is 0 Å². The summed E-state index contributed by atoms with van der Waals surface area (Å²) in [7, 11) is 0. The van der Waals surface area contributed by atoms with E-state index in [0.29, 0.717) is 12.0 Å². The molecule has 2 N–H and O–H groups in total. The number of amides is 1. The van der Waals surface area contributed by atoms with Crippen LogP contribution in [0.1, 0.15) is 25.8 Å². The maximum atomic E-state index is 13.6. The molecule has 0 aromatic heterocycles. The maximum absolute atomic E-state index is 13.6. The fourth-order valence-electron chi connectivity index (χ4n) is 1.41. The number of aliphatic hydroxyl groups excluding tert-OH is 1. The Hall–Kier alpha value is -1.86. The second-order valence-corrected chi connectivity index (χ2v) is 4.30. The van der Waals surface area contributed by atoms with Crippen LogP contribution in [0.4, 0.5) is 10.1 Å². The third kappa shape index (κ3) is 4.56. The fraction of sp³-hybridized carbons (Fsp3) is 0.357. The van der Waals surface area contributed by atoms with Crippen LogP contribution in [0.25, 0.3) is 0 Å². The third-order valence-electron chi connectivity index (χ3n) is 2.15. The first-order valence-corrected chi connectivity index (χ1v) is 5.72. The summed E-state index contributed by atoms with van der Waals surface area (Å²) in [6, 6.07) is 4.29. The Balaban J connectivity index is 2.77. The molecule has 1 aromatic carbocycles. The van der Waals surface area contributed by atoms with Crippen LogP contribution in [0.15, 0.2) is 18.2 Å². The van der Waals surface area contributed by atoms with E-state index in [9.17, 15) is 9.18 Å². The van der Waals surface area contributed by atoms with E-state index < -0.39 is 5.82 Å². The molecule has 0 atom stereocenters. The van der Waals surface area contributed by atoms with Gasteiger partial charge in [-0.05, 0) is 24.1 Å². The van der Waals surface area contributed by atoms with Gasteiger partial charge in [0.1, 0.15) is 12.4 Å². The highest BCUT2D eigenvalue weighted by Gasteiger charge is 2.08. The van der Waals surface area contributed by atoms with E-state index in [1.807, 2.05) is 13.8 Å². The Labute approximate surface area is 106 Å². The van der Waals surface area contributed by atoms with Crippen molar-refractivity contribution in [3.8, 4) is 11.8 Å². The number of hydrogen-bond donors (Lipinski definition) is 2. The highest BCUT2D eigenvalue weighted by molar-refractivity contribution is 5.91. The number of benzene rings is 1. The topological polar surface area (TPSA) is 49.3 Å². The second kappa shape index (κ2) is 6.77. The van der Waals surface area contributed by atoms with Crippen molar-refractivity contribution in [3.05, 3.63) is 29.6 Å². The molecule has 96 valence electrons. The summed E-state index contributed by atoms with van der Waals surface area (Å²) in [6.45, 7) is 3.57. The lowest BCUT2D eigenvalue weighted by atomic mass is 10.1. The molecule has 0 aliphatic rings. The highest BCUT2D eigenvalue weighted by Crippen LogP contribution is 2.16. The summed E-state index contributed by atoms with van der Waals surface area (Å²) in [5.41, 5.74) is 0.610. The zero-order valence-electron chi connectivity index (χ0n) is 10.5. The molecule has 0 saturated heterocycles. The zero-order chi connectivity index (χ0) is 13.5. The Morgan fingerprint density at radius 1 is 1.50 bits per heavy atom. The van der Waals surface area contributed by atoms with Crippen molar-refractivity contribution in [1.82, 2.24) is 0 Å². The van der Waals surface area contributed by atoms with Gasteiger partial charge in [-0.15, -0.1) is 0 Å². The first-order valence-electron chi connectivity index (χ1n) is 5.72. The molecule has 0 aliphatic heterocycles. The molecule has 4 heteroatoms. The largest absolute Gasteiger partial charge is 0.384 e. The highest BCUT2D eigenvalue weighted by atomic mass is 19.1. The lowest BCUT2D eigenvalue weighted by Crippen LogP contribution is -2.14. The van der Waals surface area contributed by atoms with Gasteiger partial charge in [0.15, 0.2) is 0 Å². The molecular weight excluding hydrogens is 233 g/mol. The summed E-state index contributed by atoms with van der Waals surface area (Å²) in [5, 5.41) is 11.0. The van der Waals surface area contributed by atoms with Crippen LogP contribution >= 0.6 is 0 Å². The van der Waals surface area contributed by atoms with Gasteiger partial charge in [0, 0.05) is 12.0 Å². The average Bonchev–Trinajstić information content (AvgIpc) is 2.28. The monoisotopic (exact) mass is 249 g/mol. The number of hydrogen-bond acceptors (Lipinski definition) is 2. The van der Waals surface area contributed by atoms with E-state index in [2.05, 4.69) is 17.2 Å². The Bertz CT molecular complexity index is 486. The SMILES string of the molecule is CC(C)CC(=O)Nc1ccc(C#CCO)cc1F. The first kappa shape index (κ1) is 14.2. The standard InChI is InChI=1S/C14H16FNO2/c1-10(2)8-14(18)16-13-6-5-11(4-3-7-17)9-12(13)15/h5-6,9-10,17H,7-8H2,1-2H3,(H,16,18). The minimum absolute atomic E-state index is 0.148. The Morgan fingerprint density at radius 2 is 2.22 bits per heavy atom. The lowest BCUT2D eigenvalue weighted by molar-refractivity contribution is -0.116. The number of carbonyl (C=O) groups excluding carboxylic acids is 1. The quantitative estimate of drug-likeness (QED) is 0.806. The van der Waals surface area contributed by atoms with E-state index in [1.54, 1.807) is 6.07 Å². The van der Waals surface area contributed by atoms with Crippen molar-refractivity contribution >= 4 is 11.6 Å². The van der Waals surface area contributed by atoms with Crippen LogP contribution in [-0.4, -0.2) is 17.6 Å². The number of aliphatic hydroxyl groups is 1. The number of nitrogens with one attached hydrogen (secondary N) is 1. The fourth-order valence-corrected chi connectivity index (χ4v) is 1.41. The number of rotatable bonds is 3. The molecule has 1 rings (SSSR count). The molecule has 1 aromatic rings. The van der Waals surface area contributed by atoms with Crippen molar-refractivity contribution in [1.29, 1.82) is 0 Å². The van der Waals surface area contributed by atoms with Gasteiger partial charge in [0.25, 0.3) is 0 Å². The van der Waals surface area contributed by atoms with Gasteiger partial charge in [-0.25, -0.2) is 4.39 Å². The molecular formula is C14H16FNO2. The van der Waals surface area contributed by atoms with Crippen LogP contribution in [0.3, 0.4) is 0 Å². The van der Waals surface area contributed by atoms with Gasteiger partial charge < -0.3 is 10.4 Å². The molecule has 0 spiro atoms. The van der Waals surface area contributed by atoms with Gasteiger partial charge >= 0.3 is 0 Å². The normalized spacial score (nSPS) is 9.83. The van der Waals surface area contributed by atoms with Crippen molar-refractivity contribution < 1.29 is 14.3 Å². The molecule has 0 heterocycles. The smallest absolute Gasteiger partial charge is 0.224 e. The average molecular weight is 249 g/mol. The van der Waals surface area contributed by atoms with Crippen LogP contribution in [0, 0.1) is 23.6 Å². The molecule has 0 radical (unpaired) electrons. The van der Waals surface area contributed by atoms with Gasteiger partial charge in [-0.2, -0.15) is 0 Å². The van der Waals surface area contributed by atoms with E-state index in [0.717, 1.165) is 0 Å². The molecule has 0 fully saturated rings. The van der Waals surface area contributed by atoms with E-state index in [-0.39, 0.29) is 24.1 Å². The Morgan fingerprint density at radius 3 is 2.78 bits per heavy atom. The third-order valence-corrected chi connectivity index (χ3v) is 2.15. The predicted molar refractivity (Wildman–Crippen MR) is 68.4 cm³/mol. The molecule has 0 saturated carbocycles. The molecule has 0 bridgehead atoms. The van der Waals surface area contributed by atoms with Gasteiger partial charge in [-0.1, -0.05) is 25.7 Å². The van der Waals surface area contributed by atoms with Crippen molar-refractivity contribution in [2.75, 3.05) is 11.9 Å². The molecule has 0 unspecified atom stereocenters. The maximum Gasteiger partial charge on any atom is 0.224 e. The van der Waals surface area contributed by atoms with Gasteiger partial charge in [0.2, 0.25) is 5.91 Å². The van der Waals surface area contributed by atoms with Crippen LogP contribution < -0.4 is 5.32 Å². The number of anilines is 1. The van der Waals surface area contributed by atoms with Crippen LogP contribution in [0.5, 0.6) is 0 Å². The lowest BCUT2D eigenvalue weighted by Gasteiger charge is -2.08. The summed E-state index contributed by atoms with van der Waals surface area (Å²) < 4.78 is 13.6. The Kier molecular flexibility index (Phi) is 5.34. The number of carbonyl (C=O) groups is 1. The predicted octanol–water partition coefficient (Wildman–Crippen LogP) is 2.15. The minimum Gasteiger partial charge on any atom is -0.384 e. The summed E-state index contributed by atoms with van der Waals surface area (Å²) >= 11 is 0. The van der Waals surface area contributed by atoms with E-state index >= 15 is 0 Å². The van der Waals surface area contributed by atoms with Crippen molar-refractivity contribution in [2.45, 2.75) is 20.3 Å². The molecule has 1 amide bonds. The first-order chi connectivity index (χ1) is 8.52. The second-order valence-electron chi connectivity index (χ2n) is 4.30. The molecule has 3 nitrogen and oxygen atoms in total. The summed E-state index contributed by atoms with van der Waals surface area (Å²) in [4.78, 5) is 11.5. The number of halogens is 1. The van der Waals surface area contributed by atoms with Gasteiger partial charge in [-0.3, -0.25) is 4.79 Å². The molecule has 0 aliphatic carbocycles. The van der Waals surface area contributed by atoms with E-state index in [4.69, 9.17) is 5.11 Å². The van der Waals surface area contributed by atoms with Crippen LogP contribution in [0.2, 0.25) is 0 Å². The van der Waals surface area contributed by atoms with Crippen molar-refractivity contribution in [2.24, 2.45) is 5.92 Å². The van der Waals surface area contributed by atoms with Gasteiger partial charge in [0.05, 0.1) is 5.69 Å². The molecule has 18 heavy (non-hydrogen) atoms.